The molecule has 1 unspecified atom stereocenters. The fraction of sp³-hybridized carbons (Fsp3) is 0.423. The van der Waals surface area contributed by atoms with Crippen LogP contribution in [0.25, 0.3) is 11.1 Å². The lowest BCUT2D eigenvalue weighted by molar-refractivity contribution is -0.156. The lowest BCUT2D eigenvalue weighted by Gasteiger charge is -2.22. The highest BCUT2D eigenvalue weighted by Crippen LogP contribution is 2.63. The highest BCUT2D eigenvalue weighted by molar-refractivity contribution is 5.88. The Morgan fingerprint density at radius 2 is 1.68 bits per heavy atom. The van der Waals surface area contributed by atoms with Crippen molar-refractivity contribution in [2.45, 2.75) is 43.7 Å². The molecule has 34 heavy (non-hydrogen) atoms. The average molecular weight is 465 g/mol. The van der Waals surface area contributed by atoms with Crippen molar-refractivity contribution >= 4 is 18.0 Å². The normalized spacial score (nSPS) is 25.9. The molecule has 3 aliphatic carbocycles. The molecule has 0 heterocycles. The van der Waals surface area contributed by atoms with Crippen molar-refractivity contribution in [2.75, 3.05) is 13.2 Å². The highest BCUT2D eigenvalue weighted by Gasteiger charge is 2.65. The molecule has 0 radical (unpaired) electrons. The van der Waals surface area contributed by atoms with Gasteiger partial charge in [0.15, 0.2) is 5.60 Å². The van der Waals surface area contributed by atoms with Crippen LogP contribution in [-0.2, 0) is 14.3 Å². The van der Waals surface area contributed by atoms with Gasteiger partial charge in [0.25, 0.3) is 0 Å². The van der Waals surface area contributed by atoms with E-state index in [2.05, 4.69) is 34.9 Å². The zero-order valence-electron chi connectivity index (χ0n) is 18.9. The van der Waals surface area contributed by atoms with E-state index in [0.29, 0.717) is 19.3 Å². The third-order valence-corrected chi connectivity index (χ3v) is 7.58. The lowest BCUT2D eigenvalue weighted by Crippen LogP contribution is -2.48. The highest BCUT2D eigenvalue weighted by atomic mass is 16.5. The number of carboxylic acids is 1. The molecular weight excluding hydrogens is 436 g/mol. The Morgan fingerprint density at radius 3 is 2.29 bits per heavy atom. The van der Waals surface area contributed by atoms with Gasteiger partial charge in [0.05, 0.1) is 12.0 Å². The number of aliphatic hydroxyl groups is 1. The maximum absolute atomic E-state index is 12.7. The Morgan fingerprint density at radius 1 is 1.06 bits per heavy atom. The number of carboxylic acid groups (broad SMARTS) is 1. The third kappa shape index (κ3) is 3.81. The molecule has 3 aliphatic rings. The lowest BCUT2D eigenvalue weighted by atomic mass is 9.98. The summed E-state index contributed by atoms with van der Waals surface area (Å²) in [6, 6.07) is 16.1. The van der Waals surface area contributed by atoms with Gasteiger partial charge < -0.3 is 25.6 Å². The molecule has 0 aliphatic heterocycles. The Kier molecular flexibility index (Phi) is 5.36. The summed E-state index contributed by atoms with van der Waals surface area (Å²) in [6.07, 6.45) is 1.35. The maximum atomic E-state index is 12.7. The maximum Gasteiger partial charge on any atom is 0.407 e. The van der Waals surface area contributed by atoms with Crippen molar-refractivity contribution < 1.29 is 29.3 Å². The van der Waals surface area contributed by atoms with Crippen molar-refractivity contribution in [3.05, 3.63) is 59.7 Å². The molecular formula is C26H28N2O6. The Labute approximate surface area is 197 Å². The summed E-state index contributed by atoms with van der Waals surface area (Å²) >= 11 is 0. The number of carbonyl (C=O) groups excluding carboxylic acids is 2. The number of hydrogen-bond donors (Lipinski definition) is 4. The minimum atomic E-state index is -2.02. The van der Waals surface area contributed by atoms with Crippen LogP contribution in [-0.4, -0.2) is 53.0 Å². The van der Waals surface area contributed by atoms with Crippen LogP contribution >= 0.6 is 0 Å². The molecule has 2 fully saturated rings. The smallest absolute Gasteiger partial charge is 0.407 e. The molecule has 8 nitrogen and oxygen atoms in total. The van der Waals surface area contributed by atoms with E-state index >= 15 is 0 Å². The summed E-state index contributed by atoms with van der Waals surface area (Å²) in [7, 11) is 0. The van der Waals surface area contributed by atoms with Gasteiger partial charge in [-0.3, -0.25) is 4.79 Å². The van der Waals surface area contributed by atoms with E-state index in [4.69, 9.17) is 9.84 Å². The number of rotatable bonds is 7. The number of hydrogen-bond acceptors (Lipinski definition) is 5. The van der Waals surface area contributed by atoms with Gasteiger partial charge in [0, 0.05) is 12.0 Å². The quantitative estimate of drug-likeness (QED) is 0.499. The first-order chi connectivity index (χ1) is 16.2. The van der Waals surface area contributed by atoms with Crippen LogP contribution in [0.5, 0.6) is 0 Å². The number of carbonyl (C=O) groups is 3. The van der Waals surface area contributed by atoms with Crippen molar-refractivity contribution in [3.63, 3.8) is 0 Å². The van der Waals surface area contributed by atoms with Gasteiger partial charge in [0.2, 0.25) is 5.91 Å². The molecule has 2 aromatic rings. The van der Waals surface area contributed by atoms with Gasteiger partial charge in [-0.2, -0.15) is 0 Å². The van der Waals surface area contributed by atoms with E-state index in [1.807, 2.05) is 24.3 Å². The van der Waals surface area contributed by atoms with Crippen LogP contribution in [0, 0.1) is 11.3 Å². The predicted octanol–water partition coefficient (Wildman–Crippen LogP) is 2.65. The van der Waals surface area contributed by atoms with Crippen molar-refractivity contribution in [1.82, 2.24) is 10.6 Å². The Hall–Kier alpha value is -3.39. The van der Waals surface area contributed by atoms with E-state index in [9.17, 15) is 19.5 Å². The van der Waals surface area contributed by atoms with Crippen molar-refractivity contribution in [1.29, 1.82) is 0 Å². The second-order valence-corrected chi connectivity index (χ2v) is 9.93. The Bertz CT molecular complexity index is 1120. The van der Waals surface area contributed by atoms with E-state index in [-0.39, 0.29) is 36.9 Å². The molecule has 2 saturated carbocycles. The molecule has 2 amide bonds. The number of ether oxygens (including phenoxy) is 1. The molecule has 4 atom stereocenters. The summed E-state index contributed by atoms with van der Waals surface area (Å²) in [5, 5.41) is 24.3. The number of nitrogens with one attached hydrogen (secondary N) is 2. The van der Waals surface area contributed by atoms with Gasteiger partial charge >= 0.3 is 12.1 Å². The molecule has 0 aromatic heterocycles. The Balaban J connectivity index is 1.15. The van der Waals surface area contributed by atoms with Crippen LogP contribution in [0.3, 0.4) is 0 Å². The zero-order valence-corrected chi connectivity index (χ0v) is 18.9. The van der Waals surface area contributed by atoms with Crippen LogP contribution in [0.2, 0.25) is 0 Å². The van der Waals surface area contributed by atoms with Gasteiger partial charge in [-0.1, -0.05) is 48.5 Å². The standard InChI is InChI=1S/C26H28N2O6/c1-25(33,23(30)31)14-27-22(29)26-11-15(26)10-16(12-26)28-24(32)34-13-21-19-8-4-2-6-17(19)18-7-3-5-9-20(18)21/h2-9,15-16,21,33H,10-14H2,1H3,(H,27,29)(H,28,32)(H,30,31)/t15-,16+,25?,26+/m1/s1. The number of aliphatic carboxylic acids is 1. The second kappa shape index (κ2) is 8.13. The van der Waals surface area contributed by atoms with Gasteiger partial charge in [-0.15, -0.1) is 0 Å². The molecule has 0 saturated heterocycles. The van der Waals surface area contributed by atoms with Crippen LogP contribution in [0.4, 0.5) is 4.79 Å². The predicted molar refractivity (Wildman–Crippen MR) is 123 cm³/mol. The van der Waals surface area contributed by atoms with E-state index in [1.54, 1.807) is 0 Å². The fourth-order valence-electron chi connectivity index (χ4n) is 5.60. The minimum Gasteiger partial charge on any atom is -0.479 e. The topological polar surface area (TPSA) is 125 Å². The summed E-state index contributed by atoms with van der Waals surface area (Å²) in [5.41, 5.74) is 2.00. The molecule has 178 valence electrons. The number of fused-ring (bicyclic) bond motifs is 4. The fourth-order valence-corrected chi connectivity index (χ4v) is 5.60. The number of benzene rings is 2. The average Bonchev–Trinajstić information content (AvgIpc) is 3.24. The largest absolute Gasteiger partial charge is 0.479 e. The molecule has 4 N–H and O–H groups in total. The first-order valence-electron chi connectivity index (χ1n) is 11.6. The third-order valence-electron chi connectivity index (χ3n) is 7.58. The van der Waals surface area contributed by atoms with E-state index < -0.39 is 23.1 Å². The number of alkyl carbamates (subject to hydrolysis) is 1. The monoisotopic (exact) mass is 464 g/mol. The van der Waals surface area contributed by atoms with Crippen LogP contribution in [0.1, 0.15) is 43.2 Å². The molecule has 2 aromatic carbocycles. The first kappa shape index (κ1) is 22.4. The summed E-state index contributed by atoms with van der Waals surface area (Å²) in [4.78, 5) is 36.3. The summed E-state index contributed by atoms with van der Waals surface area (Å²) < 4.78 is 5.61. The summed E-state index contributed by atoms with van der Waals surface area (Å²) in [6.45, 7) is 1.01. The van der Waals surface area contributed by atoms with Crippen molar-refractivity contribution in [3.8, 4) is 11.1 Å². The molecule has 5 rings (SSSR count). The number of amides is 2. The molecule has 0 spiro atoms. The minimum absolute atomic E-state index is 0.0192. The van der Waals surface area contributed by atoms with Crippen LogP contribution < -0.4 is 10.6 Å². The molecule has 0 bridgehead atoms. The molecule has 8 heteroatoms. The zero-order chi connectivity index (χ0) is 24.1. The van der Waals surface area contributed by atoms with Gasteiger partial charge in [-0.05, 0) is 54.4 Å². The van der Waals surface area contributed by atoms with E-state index in [1.165, 1.54) is 0 Å². The van der Waals surface area contributed by atoms with Crippen molar-refractivity contribution in [2.24, 2.45) is 11.3 Å². The van der Waals surface area contributed by atoms with Crippen LogP contribution in [0.15, 0.2) is 48.5 Å². The second-order valence-electron chi connectivity index (χ2n) is 9.93. The van der Waals surface area contributed by atoms with Gasteiger partial charge in [0.1, 0.15) is 6.61 Å². The SMILES string of the molecule is CC(O)(CNC(=O)[C@@]12C[C@@H](NC(=O)OCC3c4ccccc4-c4ccccc43)C[C@@H]1C2)C(=O)O. The first-order valence-corrected chi connectivity index (χ1v) is 11.6. The van der Waals surface area contributed by atoms with Gasteiger partial charge in [-0.25, -0.2) is 9.59 Å². The summed E-state index contributed by atoms with van der Waals surface area (Å²) in [5.74, 6) is -1.54. The van der Waals surface area contributed by atoms with E-state index in [0.717, 1.165) is 29.2 Å².